The molecule has 0 radical (unpaired) electrons. The van der Waals surface area contributed by atoms with E-state index >= 15 is 0 Å². The van der Waals surface area contributed by atoms with Gasteiger partial charge in [0.25, 0.3) is 0 Å². The van der Waals surface area contributed by atoms with Crippen LogP contribution in [0.5, 0.6) is 0 Å². The highest BCUT2D eigenvalue weighted by atomic mass is 35.5. The summed E-state index contributed by atoms with van der Waals surface area (Å²) in [5, 5.41) is 3.58. The Kier molecular flexibility index (Phi) is 6.01. The molecule has 0 atom stereocenters. The standard InChI is InChI=1S/C14H19ClN2O2S/c1-2-20-13-5-4-11(15)10-12(13)16-14(18)17-6-3-8-19-9-7-17/h4-5,10H,2-3,6-9H2,1H3,(H,16,18). The molecule has 20 heavy (non-hydrogen) atoms. The van der Waals surface area contributed by atoms with E-state index in [4.69, 9.17) is 16.3 Å². The first kappa shape index (κ1) is 15.5. The molecule has 1 fully saturated rings. The average Bonchev–Trinajstić information content (AvgIpc) is 2.71. The molecule has 0 spiro atoms. The van der Waals surface area contributed by atoms with Crippen molar-refractivity contribution in [3.63, 3.8) is 0 Å². The Balaban J connectivity index is 2.07. The summed E-state index contributed by atoms with van der Waals surface area (Å²) in [5.74, 6) is 0.946. The van der Waals surface area contributed by atoms with Gasteiger partial charge in [-0.1, -0.05) is 18.5 Å². The van der Waals surface area contributed by atoms with Gasteiger partial charge in [-0.2, -0.15) is 0 Å². The molecule has 1 heterocycles. The number of carbonyl (C=O) groups is 1. The van der Waals surface area contributed by atoms with Crippen LogP contribution in [0.15, 0.2) is 23.1 Å². The monoisotopic (exact) mass is 314 g/mol. The van der Waals surface area contributed by atoms with Crippen molar-refractivity contribution in [1.82, 2.24) is 4.90 Å². The van der Waals surface area contributed by atoms with E-state index in [2.05, 4.69) is 12.2 Å². The Morgan fingerprint density at radius 1 is 1.45 bits per heavy atom. The molecule has 1 aromatic carbocycles. The summed E-state index contributed by atoms with van der Waals surface area (Å²) in [6, 6.07) is 5.49. The Morgan fingerprint density at radius 3 is 3.10 bits per heavy atom. The molecule has 1 N–H and O–H groups in total. The molecule has 1 saturated heterocycles. The number of rotatable bonds is 3. The van der Waals surface area contributed by atoms with Crippen LogP contribution >= 0.6 is 23.4 Å². The van der Waals surface area contributed by atoms with E-state index in [1.54, 1.807) is 22.7 Å². The van der Waals surface area contributed by atoms with E-state index < -0.39 is 0 Å². The molecule has 2 amide bonds. The van der Waals surface area contributed by atoms with Crippen LogP contribution in [0.3, 0.4) is 0 Å². The van der Waals surface area contributed by atoms with E-state index in [1.807, 2.05) is 12.1 Å². The third-order valence-corrected chi connectivity index (χ3v) is 4.18. The van der Waals surface area contributed by atoms with Crippen LogP contribution in [0.2, 0.25) is 5.02 Å². The molecule has 0 aromatic heterocycles. The molecular formula is C14H19ClN2O2S. The zero-order valence-corrected chi connectivity index (χ0v) is 13.1. The van der Waals surface area contributed by atoms with Crippen molar-refractivity contribution in [3.05, 3.63) is 23.2 Å². The molecule has 0 saturated carbocycles. The van der Waals surface area contributed by atoms with Gasteiger partial charge in [-0.25, -0.2) is 4.79 Å². The number of carbonyl (C=O) groups excluding carboxylic acids is 1. The van der Waals surface area contributed by atoms with Gasteiger partial charge in [-0.15, -0.1) is 11.8 Å². The number of urea groups is 1. The first-order valence-electron chi connectivity index (χ1n) is 6.76. The van der Waals surface area contributed by atoms with Crippen molar-refractivity contribution in [2.24, 2.45) is 0 Å². The summed E-state index contributed by atoms with van der Waals surface area (Å²) in [6.45, 7) is 4.75. The number of nitrogens with zero attached hydrogens (tertiary/aromatic N) is 1. The number of hydrogen-bond donors (Lipinski definition) is 1. The molecule has 1 aliphatic rings. The summed E-state index contributed by atoms with van der Waals surface area (Å²) in [4.78, 5) is 15.1. The zero-order valence-electron chi connectivity index (χ0n) is 11.5. The molecule has 2 rings (SSSR count). The Morgan fingerprint density at radius 2 is 2.30 bits per heavy atom. The van der Waals surface area contributed by atoms with Gasteiger partial charge in [0, 0.05) is 29.6 Å². The predicted octanol–water partition coefficient (Wildman–Crippen LogP) is 3.71. The number of amides is 2. The van der Waals surface area contributed by atoms with Crippen molar-refractivity contribution in [1.29, 1.82) is 0 Å². The lowest BCUT2D eigenvalue weighted by Crippen LogP contribution is -2.36. The van der Waals surface area contributed by atoms with Crippen LogP contribution in [0.4, 0.5) is 10.5 Å². The topological polar surface area (TPSA) is 41.6 Å². The van der Waals surface area contributed by atoms with Crippen molar-refractivity contribution >= 4 is 35.1 Å². The van der Waals surface area contributed by atoms with Gasteiger partial charge >= 0.3 is 6.03 Å². The number of benzene rings is 1. The molecule has 1 aliphatic heterocycles. The SMILES string of the molecule is CCSc1ccc(Cl)cc1NC(=O)N1CCCOCC1. The van der Waals surface area contributed by atoms with Gasteiger partial charge in [0.2, 0.25) is 0 Å². The molecule has 6 heteroatoms. The van der Waals surface area contributed by atoms with Crippen LogP contribution < -0.4 is 5.32 Å². The lowest BCUT2D eigenvalue weighted by atomic mass is 10.3. The molecule has 0 bridgehead atoms. The maximum Gasteiger partial charge on any atom is 0.321 e. The van der Waals surface area contributed by atoms with Crippen LogP contribution in [0.25, 0.3) is 0 Å². The van der Waals surface area contributed by atoms with Gasteiger partial charge in [0.05, 0.1) is 12.3 Å². The molecule has 4 nitrogen and oxygen atoms in total. The number of nitrogens with one attached hydrogen (secondary N) is 1. The molecule has 0 aliphatic carbocycles. The average molecular weight is 315 g/mol. The first-order valence-corrected chi connectivity index (χ1v) is 8.13. The van der Waals surface area contributed by atoms with E-state index in [0.29, 0.717) is 18.2 Å². The minimum Gasteiger partial charge on any atom is -0.380 e. The Bertz CT molecular complexity index is 462. The second-order valence-corrected chi connectivity index (χ2v) is 6.20. The third kappa shape index (κ3) is 4.30. The Hall–Kier alpha value is -0.910. The van der Waals surface area contributed by atoms with Crippen LogP contribution in [-0.2, 0) is 4.74 Å². The fourth-order valence-electron chi connectivity index (χ4n) is 2.02. The largest absolute Gasteiger partial charge is 0.380 e. The smallest absolute Gasteiger partial charge is 0.321 e. The van der Waals surface area contributed by atoms with Gasteiger partial charge in [0.15, 0.2) is 0 Å². The van der Waals surface area contributed by atoms with Crippen LogP contribution in [-0.4, -0.2) is 43.0 Å². The van der Waals surface area contributed by atoms with Crippen molar-refractivity contribution < 1.29 is 9.53 Å². The van der Waals surface area contributed by atoms with Crippen LogP contribution in [0, 0.1) is 0 Å². The fourth-order valence-corrected chi connectivity index (χ4v) is 2.94. The van der Waals surface area contributed by atoms with Crippen molar-refractivity contribution in [2.75, 3.05) is 37.4 Å². The number of halogens is 1. The van der Waals surface area contributed by atoms with Gasteiger partial charge in [-0.3, -0.25) is 0 Å². The minimum absolute atomic E-state index is 0.0873. The third-order valence-electron chi connectivity index (χ3n) is 2.99. The molecule has 0 unspecified atom stereocenters. The lowest BCUT2D eigenvalue weighted by Gasteiger charge is -2.21. The van der Waals surface area contributed by atoms with Crippen molar-refractivity contribution in [3.8, 4) is 0 Å². The summed E-state index contributed by atoms with van der Waals surface area (Å²) in [7, 11) is 0. The van der Waals surface area contributed by atoms with Gasteiger partial charge in [-0.05, 0) is 30.4 Å². The highest BCUT2D eigenvalue weighted by Gasteiger charge is 2.17. The van der Waals surface area contributed by atoms with Gasteiger partial charge < -0.3 is 15.0 Å². The second-order valence-electron chi connectivity index (χ2n) is 4.46. The molecule has 1 aromatic rings. The summed E-state index contributed by atoms with van der Waals surface area (Å²) >= 11 is 7.70. The predicted molar refractivity (Wildman–Crippen MR) is 83.9 cm³/mol. The van der Waals surface area contributed by atoms with E-state index in [0.717, 1.165) is 35.9 Å². The summed E-state index contributed by atoms with van der Waals surface area (Å²) < 4.78 is 5.36. The van der Waals surface area contributed by atoms with Crippen LogP contribution in [0.1, 0.15) is 13.3 Å². The zero-order chi connectivity index (χ0) is 14.4. The Labute approximate surface area is 128 Å². The maximum absolute atomic E-state index is 12.3. The highest BCUT2D eigenvalue weighted by molar-refractivity contribution is 7.99. The second kappa shape index (κ2) is 7.76. The normalized spacial score (nSPS) is 15.8. The quantitative estimate of drug-likeness (QED) is 0.865. The number of hydrogen-bond acceptors (Lipinski definition) is 3. The fraction of sp³-hybridized carbons (Fsp3) is 0.500. The molecular weight excluding hydrogens is 296 g/mol. The lowest BCUT2D eigenvalue weighted by molar-refractivity contribution is 0.144. The number of anilines is 1. The summed E-state index contributed by atoms with van der Waals surface area (Å²) in [6.07, 6.45) is 0.875. The maximum atomic E-state index is 12.3. The summed E-state index contributed by atoms with van der Waals surface area (Å²) in [5.41, 5.74) is 0.777. The molecule has 110 valence electrons. The number of ether oxygens (including phenoxy) is 1. The van der Waals surface area contributed by atoms with Crippen molar-refractivity contribution in [2.45, 2.75) is 18.2 Å². The highest BCUT2D eigenvalue weighted by Crippen LogP contribution is 2.30. The van der Waals surface area contributed by atoms with E-state index in [1.165, 1.54) is 0 Å². The van der Waals surface area contributed by atoms with E-state index in [9.17, 15) is 4.79 Å². The minimum atomic E-state index is -0.0873. The van der Waals surface area contributed by atoms with E-state index in [-0.39, 0.29) is 6.03 Å². The first-order chi connectivity index (χ1) is 9.70. The number of thioether (sulfide) groups is 1. The van der Waals surface area contributed by atoms with Gasteiger partial charge in [0.1, 0.15) is 0 Å².